The van der Waals surface area contributed by atoms with Crippen LogP contribution in [0.15, 0.2) is 6.07 Å². The summed E-state index contributed by atoms with van der Waals surface area (Å²) in [5, 5.41) is 8.77. The molecule has 96 valence electrons. The first-order chi connectivity index (χ1) is 7.74. The van der Waals surface area contributed by atoms with E-state index in [-0.39, 0.29) is 0 Å². The van der Waals surface area contributed by atoms with Crippen LogP contribution in [0.25, 0.3) is 0 Å². The molecule has 1 aromatic heterocycles. The fourth-order valence-electron chi connectivity index (χ4n) is 1.09. The number of pyridine rings is 1. The molecule has 0 amide bonds. The highest BCUT2D eigenvalue weighted by Gasteiger charge is 2.34. The Labute approximate surface area is 91.8 Å². The molecular formula is C8H7F5N2O2. The zero-order valence-electron chi connectivity index (χ0n) is 8.13. The van der Waals surface area contributed by atoms with E-state index in [2.05, 4.69) is 9.72 Å². The minimum atomic E-state index is -5.05. The Balaban J connectivity index is 3.21. The Morgan fingerprint density at radius 3 is 2.41 bits per heavy atom. The molecule has 0 aliphatic carbocycles. The first-order valence-electron chi connectivity index (χ1n) is 4.18. The molecule has 1 heterocycles. The summed E-state index contributed by atoms with van der Waals surface area (Å²) in [5.74, 6) is -1.83. The minimum absolute atomic E-state index is 0.509. The number of anilines is 1. The van der Waals surface area contributed by atoms with Crippen molar-refractivity contribution in [3.8, 4) is 5.75 Å². The SMILES string of the molecule is Nc1nc(C(F)F)cc(CO)c1OC(F)(F)F. The van der Waals surface area contributed by atoms with E-state index in [1.165, 1.54) is 0 Å². The van der Waals surface area contributed by atoms with Crippen LogP contribution in [0.4, 0.5) is 27.8 Å². The molecule has 9 heteroatoms. The molecule has 1 rings (SSSR count). The quantitative estimate of drug-likeness (QED) is 0.813. The topological polar surface area (TPSA) is 68.4 Å². The Morgan fingerprint density at radius 1 is 1.41 bits per heavy atom. The number of nitrogen functional groups attached to an aromatic ring is 1. The molecule has 0 unspecified atom stereocenters. The van der Waals surface area contributed by atoms with Gasteiger partial charge in [0.1, 0.15) is 5.69 Å². The molecule has 0 aliphatic rings. The summed E-state index contributed by atoms with van der Waals surface area (Å²) in [6, 6.07) is 0.599. The summed E-state index contributed by atoms with van der Waals surface area (Å²) >= 11 is 0. The fourth-order valence-corrected chi connectivity index (χ4v) is 1.09. The molecule has 0 aliphatic heterocycles. The van der Waals surface area contributed by atoms with Gasteiger partial charge in [0, 0.05) is 5.56 Å². The van der Waals surface area contributed by atoms with Crippen LogP contribution in [-0.4, -0.2) is 16.5 Å². The number of hydrogen-bond acceptors (Lipinski definition) is 4. The number of nitrogens with zero attached hydrogens (tertiary/aromatic N) is 1. The smallest absolute Gasteiger partial charge is 0.401 e. The third-order valence-electron chi connectivity index (χ3n) is 1.71. The average Bonchev–Trinajstić information content (AvgIpc) is 2.18. The largest absolute Gasteiger partial charge is 0.573 e. The molecule has 17 heavy (non-hydrogen) atoms. The van der Waals surface area contributed by atoms with Crippen molar-refractivity contribution >= 4 is 5.82 Å². The van der Waals surface area contributed by atoms with Crippen molar-refractivity contribution in [3.63, 3.8) is 0 Å². The molecule has 0 atom stereocenters. The summed E-state index contributed by atoms with van der Waals surface area (Å²) in [6.07, 6.45) is -8.06. The van der Waals surface area contributed by atoms with Crippen molar-refractivity contribution < 1.29 is 31.8 Å². The van der Waals surface area contributed by atoms with Crippen molar-refractivity contribution in [2.24, 2.45) is 0 Å². The van der Waals surface area contributed by atoms with Crippen LogP contribution in [0, 0.1) is 0 Å². The Hall–Kier alpha value is -1.64. The molecule has 0 saturated heterocycles. The summed E-state index contributed by atoms with van der Waals surface area (Å²) in [4.78, 5) is 3.06. The molecule has 3 N–H and O–H groups in total. The molecule has 0 spiro atoms. The van der Waals surface area contributed by atoms with E-state index in [0.29, 0.717) is 6.07 Å². The Morgan fingerprint density at radius 2 is 2.00 bits per heavy atom. The third kappa shape index (κ3) is 3.41. The van der Waals surface area contributed by atoms with Crippen molar-refractivity contribution in [3.05, 3.63) is 17.3 Å². The number of nitrogens with two attached hydrogens (primary N) is 1. The van der Waals surface area contributed by atoms with E-state index in [1.54, 1.807) is 0 Å². The molecule has 0 saturated carbocycles. The third-order valence-corrected chi connectivity index (χ3v) is 1.71. The Bertz CT molecular complexity index is 408. The lowest BCUT2D eigenvalue weighted by molar-refractivity contribution is -0.274. The van der Waals surface area contributed by atoms with Crippen LogP contribution in [0.1, 0.15) is 17.7 Å². The van der Waals surface area contributed by atoms with Crippen molar-refractivity contribution in [2.75, 3.05) is 5.73 Å². The second kappa shape index (κ2) is 4.70. The summed E-state index contributed by atoms with van der Waals surface area (Å²) in [7, 11) is 0. The lowest BCUT2D eigenvalue weighted by Crippen LogP contribution is -2.20. The predicted molar refractivity (Wildman–Crippen MR) is 46.2 cm³/mol. The van der Waals surface area contributed by atoms with Gasteiger partial charge >= 0.3 is 6.36 Å². The van der Waals surface area contributed by atoms with E-state index < -0.39 is 42.2 Å². The monoisotopic (exact) mass is 258 g/mol. The molecule has 1 aromatic rings. The molecule has 0 aromatic carbocycles. The maximum absolute atomic E-state index is 12.3. The van der Waals surface area contributed by atoms with Crippen molar-refractivity contribution in [1.82, 2.24) is 4.98 Å². The molecule has 0 bridgehead atoms. The number of aliphatic hydroxyl groups excluding tert-OH is 1. The van der Waals surface area contributed by atoms with Crippen molar-refractivity contribution in [1.29, 1.82) is 0 Å². The van der Waals surface area contributed by atoms with Gasteiger partial charge in [0.25, 0.3) is 6.43 Å². The van der Waals surface area contributed by atoms with E-state index in [1.807, 2.05) is 0 Å². The van der Waals surface area contributed by atoms with Gasteiger partial charge in [-0.15, -0.1) is 13.2 Å². The van der Waals surface area contributed by atoms with Gasteiger partial charge in [-0.2, -0.15) is 0 Å². The number of ether oxygens (including phenoxy) is 1. The van der Waals surface area contributed by atoms with Gasteiger partial charge in [-0.1, -0.05) is 0 Å². The summed E-state index contributed by atoms with van der Waals surface area (Å²) in [5.41, 5.74) is 3.72. The zero-order chi connectivity index (χ0) is 13.2. The maximum atomic E-state index is 12.3. The van der Waals surface area contributed by atoms with E-state index in [0.717, 1.165) is 0 Å². The number of aromatic nitrogens is 1. The van der Waals surface area contributed by atoms with Gasteiger partial charge in [0.2, 0.25) is 0 Å². The van der Waals surface area contributed by atoms with Crippen LogP contribution in [0.2, 0.25) is 0 Å². The summed E-state index contributed by atoms with van der Waals surface area (Å²) < 4.78 is 63.9. The molecule has 0 radical (unpaired) electrons. The van der Waals surface area contributed by atoms with Gasteiger partial charge in [-0.05, 0) is 6.07 Å². The standard InChI is InChI=1S/C8H7F5N2O2/c9-6(10)4-1-3(2-16)5(7(14)15-4)17-8(11,12)13/h1,6,16H,2H2,(H2,14,15). The van der Waals surface area contributed by atoms with Crippen LogP contribution in [0.3, 0.4) is 0 Å². The number of halogens is 5. The van der Waals surface area contributed by atoms with E-state index in [4.69, 9.17) is 10.8 Å². The fraction of sp³-hybridized carbons (Fsp3) is 0.375. The molecule has 0 fully saturated rings. The van der Waals surface area contributed by atoms with Gasteiger partial charge in [0.05, 0.1) is 6.61 Å². The van der Waals surface area contributed by atoms with Crippen LogP contribution < -0.4 is 10.5 Å². The molecule has 4 nitrogen and oxygen atoms in total. The summed E-state index contributed by atoms with van der Waals surface area (Å²) in [6.45, 7) is -0.933. The normalized spacial score (nSPS) is 11.9. The molecular weight excluding hydrogens is 251 g/mol. The van der Waals surface area contributed by atoms with Gasteiger partial charge in [-0.3, -0.25) is 0 Å². The van der Waals surface area contributed by atoms with E-state index in [9.17, 15) is 22.0 Å². The number of hydrogen-bond donors (Lipinski definition) is 2. The van der Waals surface area contributed by atoms with Crippen LogP contribution >= 0.6 is 0 Å². The number of alkyl halides is 5. The second-order valence-corrected chi connectivity index (χ2v) is 2.93. The zero-order valence-corrected chi connectivity index (χ0v) is 8.13. The highest BCUT2D eigenvalue weighted by molar-refractivity contribution is 5.52. The van der Waals surface area contributed by atoms with Crippen LogP contribution in [-0.2, 0) is 6.61 Å². The highest BCUT2D eigenvalue weighted by atomic mass is 19.4. The van der Waals surface area contributed by atoms with Gasteiger partial charge in [0.15, 0.2) is 11.6 Å². The average molecular weight is 258 g/mol. The number of rotatable bonds is 3. The van der Waals surface area contributed by atoms with Crippen LogP contribution in [0.5, 0.6) is 5.75 Å². The first-order valence-corrected chi connectivity index (χ1v) is 4.18. The Kier molecular flexibility index (Phi) is 3.71. The maximum Gasteiger partial charge on any atom is 0.573 e. The first kappa shape index (κ1) is 13.4. The highest BCUT2D eigenvalue weighted by Crippen LogP contribution is 2.33. The van der Waals surface area contributed by atoms with Crippen molar-refractivity contribution in [2.45, 2.75) is 19.4 Å². The van der Waals surface area contributed by atoms with Gasteiger partial charge < -0.3 is 15.6 Å². The minimum Gasteiger partial charge on any atom is -0.401 e. The number of aliphatic hydroxyl groups is 1. The van der Waals surface area contributed by atoms with E-state index >= 15 is 0 Å². The second-order valence-electron chi connectivity index (χ2n) is 2.93. The predicted octanol–water partition coefficient (Wildman–Crippen LogP) is 1.99. The lowest BCUT2D eigenvalue weighted by Gasteiger charge is -2.14. The lowest BCUT2D eigenvalue weighted by atomic mass is 10.2. The van der Waals surface area contributed by atoms with Gasteiger partial charge in [-0.25, -0.2) is 13.8 Å².